The lowest BCUT2D eigenvalue weighted by molar-refractivity contribution is -0.128. The number of benzene rings is 1. The number of hydrogen-bond donors (Lipinski definition) is 0. The highest BCUT2D eigenvalue weighted by Crippen LogP contribution is 2.40. The standard InChI is InChI=1S/C30H33ClFN7O3/c1-7-24(41)37-12-13-38(19(4)15-37)28(33-5)21-14-22(31)26(20-10-8-9-11-23(20)32)36-29(21)39(17-40)27-25(18(2)3)34-16-35-30(27)42-6/h7-11,14,16-19H,1,12-13,15H2,2-6H3/b33-28+/t19-/m0/s1. The van der Waals surface area contributed by atoms with Gasteiger partial charge in [-0.25, -0.2) is 14.4 Å². The predicted molar refractivity (Wildman–Crippen MR) is 161 cm³/mol. The summed E-state index contributed by atoms with van der Waals surface area (Å²) >= 11 is 6.78. The zero-order valence-electron chi connectivity index (χ0n) is 24.2. The highest BCUT2D eigenvalue weighted by atomic mass is 35.5. The molecule has 12 heteroatoms. The van der Waals surface area contributed by atoms with Crippen molar-refractivity contribution >= 4 is 41.3 Å². The molecule has 2 aromatic heterocycles. The van der Waals surface area contributed by atoms with Crippen LogP contribution in [0.1, 0.15) is 37.9 Å². The number of methoxy groups -OCH3 is 1. The van der Waals surface area contributed by atoms with E-state index in [-0.39, 0.29) is 45.8 Å². The minimum Gasteiger partial charge on any atom is -0.479 e. The molecule has 220 valence electrons. The van der Waals surface area contributed by atoms with Crippen LogP contribution in [0.15, 0.2) is 54.3 Å². The molecule has 1 aliphatic heterocycles. The molecule has 2 amide bonds. The fraction of sp³-hybridized carbons (Fsp3) is 0.333. The van der Waals surface area contributed by atoms with Crippen LogP contribution < -0.4 is 9.64 Å². The highest BCUT2D eigenvalue weighted by Gasteiger charge is 2.33. The van der Waals surface area contributed by atoms with Crippen LogP contribution in [0.2, 0.25) is 5.02 Å². The van der Waals surface area contributed by atoms with Gasteiger partial charge in [0.1, 0.15) is 23.7 Å². The van der Waals surface area contributed by atoms with Crippen LogP contribution in [-0.4, -0.2) is 82.7 Å². The molecule has 42 heavy (non-hydrogen) atoms. The number of amides is 2. The number of rotatable bonds is 8. The number of anilines is 2. The molecule has 1 aliphatic rings. The number of amidine groups is 1. The van der Waals surface area contributed by atoms with Crippen LogP contribution in [0, 0.1) is 5.82 Å². The SMILES string of the molecule is C=CC(=O)N1CCN(/C(=N/C)c2cc(Cl)c(-c3ccccc3F)nc2N(C=O)c2c(OC)ncnc2C(C)C)[C@@H](C)C1. The Labute approximate surface area is 249 Å². The lowest BCUT2D eigenvalue weighted by Gasteiger charge is -2.41. The van der Waals surface area contributed by atoms with Gasteiger partial charge in [0.2, 0.25) is 18.2 Å². The normalized spacial score (nSPS) is 15.5. The average molecular weight is 594 g/mol. The quantitative estimate of drug-likeness (QED) is 0.159. The summed E-state index contributed by atoms with van der Waals surface area (Å²) in [5, 5.41) is 0.166. The molecule has 1 atom stereocenters. The molecule has 0 saturated carbocycles. The zero-order chi connectivity index (χ0) is 30.6. The van der Waals surface area contributed by atoms with Crippen molar-refractivity contribution in [1.29, 1.82) is 0 Å². The van der Waals surface area contributed by atoms with Gasteiger partial charge in [-0.1, -0.05) is 44.2 Å². The Morgan fingerprint density at radius 3 is 2.62 bits per heavy atom. The molecule has 1 aromatic carbocycles. The summed E-state index contributed by atoms with van der Waals surface area (Å²) in [5.74, 6) is 0.00620. The van der Waals surface area contributed by atoms with Crippen LogP contribution in [0.5, 0.6) is 5.88 Å². The van der Waals surface area contributed by atoms with Gasteiger partial charge in [0, 0.05) is 38.3 Å². The molecule has 3 aromatic rings. The molecule has 10 nitrogen and oxygen atoms in total. The van der Waals surface area contributed by atoms with E-state index in [2.05, 4.69) is 21.5 Å². The summed E-state index contributed by atoms with van der Waals surface area (Å²) in [6.45, 7) is 10.8. The maximum absolute atomic E-state index is 15.0. The first-order valence-electron chi connectivity index (χ1n) is 13.4. The number of halogens is 2. The third-order valence-corrected chi connectivity index (χ3v) is 7.34. The third kappa shape index (κ3) is 5.82. The van der Waals surface area contributed by atoms with Crippen LogP contribution in [0.3, 0.4) is 0 Å². The number of carbonyl (C=O) groups is 2. The Balaban J connectivity index is 1.97. The fourth-order valence-electron chi connectivity index (χ4n) is 5.06. The second kappa shape index (κ2) is 13.1. The van der Waals surface area contributed by atoms with E-state index in [0.29, 0.717) is 48.8 Å². The molecule has 0 spiro atoms. The van der Waals surface area contributed by atoms with Crippen molar-refractivity contribution in [2.24, 2.45) is 4.99 Å². The number of aromatic nitrogens is 3. The fourth-order valence-corrected chi connectivity index (χ4v) is 5.31. The van der Waals surface area contributed by atoms with E-state index in [9.17, 15) is 14.0 Å². The van der Waals surface area contributed by atoms with Crippen molar-refractivity contribution in [3.63, 3.8) is 0 Å². The molecular weight excluding hydrogens is 561 g/mol. The van der Waals surface area contributed by atoms with Crippen molar-refractivity contribution in [3.05, 3.63) is 71.4 Å². The summed E-state index contributed by atoms with van der Waals surface area (Å²) in [5.41, 5.74) is 1.58. The van der Waals surface area contributed by atoms with E-state index in [1.807, 2.05) is 25.7 Å². The minimum atomic E-state index is -0.521. The number of carbonyl (C=O) groups excluding carboxylic acids is 2. The van der Waals surface area contributed by atoms with Crippen molar-refractivity contribution in [2.75, 3.05) is 38.7 Å². The maximum Gasteiger partial charge on any atom is 0.246 e. The van der Waals surface area contributed by atoms with Gasteiger partial charge >= 0.3 is 0 Å². The molecular formula is C30H33ClFN7O3. The van der Waals surface area contributed by atoms with Gasteiger partial charge in [-0.3, -0.25) is 19.5 Å². The average Bonchev–Trinajstić information content (AvgIpc) is 2.99. The molecule has 4 rings (SSSR count). The Bertz CT molecular complexity index is 1530. The summed E-state index contributed by atoms with van der Waals surface area (Å²) < 4.78 is 20.5. The zero-order valence-corrected chi connectivity index (χ0v) is 25.0. The first-order chi connectivity index (χ1) is 20.2. The maximum atomic E-state index is 15.0. The Morgan fingerprint density at radius 1 is 1.29 bits per heavy atom. The van der Waals surface area contributed by atoms with E-state index in [0.717, 1.165) is 0 Å². The molecule has 1 saturated heterocycles. The van der Waals surface area contributed by atoms with Crippen molar-refractivity contribution in [1.82, 2.24) is 24.8 Å². The highest BCUT2D eigenvalue weighted by molar-refractivity contribution is 6.33. The molecule has 0 unspecified atom stereocenters. The number of nitrogens with zero attached hydrogens (tertiary/aromatic N) is 7. The van der Waals surface area contributed by atoms with Gasteiger partial charge in [0.05, 0.1) is 29.1 Å². The largest absolute Gasteiger partial charge is 0.479 e. The molecule has 1 fully saturated rings. The lowest BCUT2D eigenvalue weighted by Crippen LogP contribution is -2.55. The molecule has 0 bridgehead atoms. The summed E-state index contributed by atoms with van der Waals surface area (Å²) in [4.78, 5) is 48.4. The van der Waals surface area contributed by atoms with Gasteiger partial charge in [0.25, 0.3) is 0 Å². The number of pyridine rings is 1. The topological polar surface area (TPSA) is 104 Å². The number of piperazine rings is 1. The summed E-state index contributed by atoms with van der Waals surface area (Å²) in [6, 6.07) is 7.61. The second-order valence-electron chi connectivity index (χ2n) is 9.99. The van der Waals surface area contributed by atoms with E-state index >= 15 is 0 Å². The van der Waals surface area contributed by atoms with Gasteiger partial charge in [-0.15, -0.1) is 0 Å². The number of aliphatic imine (C=N–C) groups is 1. The summed E-state index contributed by atoms with van der Waals surface area (Å²) in [6.07, 6.45) is 3.26. The third-order valence-electron chi connectivity index (χ3n) is 7.06. The van der Waals surface area contributed by atoms with Crippen LogP contribution in [0.25, 0.3) is 11.3 Å². The van der Waals surface area contributed by atoms with Crippen LogP contribution in [-0.2, 0) is 9.59 Å². The van der Waals surface area contributed by atoms with Gasteiger partial charge in [-0.2, -0.15) is 4.98 Å². The van der Waals surface area contributed by atoms with Crippen LogP contribution in [0.4, 0.5) is 15.9 Å². The van der Waals surface area contributed by atoms with E-state index < -0.39 is 5.82 Å². The molecule has 0 N–H and O–H groups in total. The Hall–Kier alpha value is -4.38. The number of ether oxygens (including phenoxy) is 1. The summed E-state index contributed by atoms with van der Waals surface area (Å²) in [7, 11) is 3.08. The van der Waals surface area contributed by atoms with Crippen molar-refractivity contribution in [2.45, 2.75) is 32.7 Å². The first-order valence-corrected chi connectivity index (χ1v) is 13.8. The van der Waals surface area contributed by atoms with Gasteiger partial charge < -0.3 is 14.5 Å². The number of hydrogen-bond acceptors (Lipinski definition) is 7. The Morgan fingerprint density at radius 2 is 2.02 bits per heavy atom. The second-order valence-corrected chi connectivity index (χ2v) is 10.4. The van der Waals surface area contributed by atoms with Gasteiger partial charge in [-0.05, 0) is 37.1 Å². The van der Waals surface area contributed by atoms with E-state index in [4.69, 9.17) is 21.3 Å². The van der Waals surface area contributed by atoms with Gasteiger partial charge in [0.15, 0.2) is 5.82 Å². The van der Waals surface area contributed by atoms with E-state index in [1.165, 1.54) is 30.5 Å². The van der Waals surface area contributed by atoms with Crippen LogP contribution >= 0.6 is 11.6 Å². The van der Waals surface area contributed by atoms with Crippen molar-refractivity contribution in [3.8, 4) is 17.1 Å². The smallest absolute Gasteiger partial charge is 0.246 e. The molecule has 3 heterocycles. The predicted octanol–water partition coefficient (Wildman–Crippen LogP) is 4.85. The van der Waals surface area contributed by atoms with E-state index in [1.54, 1.807) is 36.2 Å². The minimum absolute atomic E-state index is 0.115. The van der Waals surface area contributed by atoms with Crippen molar-refractivity contribution < 1.29 is 18.7 Å². The first kappa shape index (κ1) is 30.6. The monoisotopic (exact) mass is 593 g/mol. The Kier molecular flexibility index (Phi) is 9.52. The molecule has 0 aliphatic carbocycles. The molecule has 0 radical (unpaired) electrons. The lowest BCUT2D eigenvalue weighted by atomic mass is 10.0.